The SMILES string of the molecule is ClSc1cccc2cc3ccccc3cc12. The summed E-state index contributed by atoms with van der Waals surface area (Å²) in [6.07, 6.45) is 0. The Balaban J connectivity index is 2.46. The molecule has 0 saturated heterocycles. The van der Waals surface area contributed by atoms with Crippen LogP contribution in [-0.2, 0) is 0 Å². The van der Waals surface area contributed by atoms with Crippen LogP contribution in [0.25, 0.3) is 21.5 Å². The van der Waals surface area contributed by atoms with Gasteiger partial charge in [-0.25, -0.2) is 0 Å². The molecule has 0 nitrogen and oxygen atoms in total. The van der Waals surface area contributed by atoms with E-state index in [4.69, 9.17) is 10.7 Å². The second-order valence-electron chi connectivity index (χ2n) is 3.75. The number of fused-ring (bicyclic) bond motifs is 2. The van der Waals surface area contributed by atoms with E-state index < -0.39 is 0 Å². The van der Waals surface area contributed by atoms with Crippen LogP contribution in [0.4, 0.5) is 0 Å². The monoisotopic (exact) mass is 244 g/mol. The van der Waals surface area contributed by atoms with Gasteiger partial charge in [-0.15, -0.1) is 0 Å². The van der Waals surface area contributed by atoms with Gasteiger partial charge in [0.25, 0.3) is 0 Å². The average molecular weight is 245 g/mol. The summed E-state index contributed by atoms with van der Waals surface area (Å²) in [6, 6.07) is 19.0. The molecular weight excluding hydrogens is 236 g/mol. The van der Waals surface area contributed by atoms with Gasteiger partial charge < -0.3 is 0 Å². The Morgan fingerprint density at radius 3 is 2.19 bits per heavy atom. The van der Waals surface area contributed by atoms with Gasteiger partial charge in [0.2, 0.25) is 0 Å². The van der Waals surface area contributed by atoms with Crippen LogP contribution in [0.2, 0.25) is 0 Å². The first kappa shape index (κ1) is 10.0. The Kier molecular flexibility index (Phi) is 2.50. The highest BCUT2D eigenvalue weighted by atomic mass is 35.7. The predicted octanol–water partition coefficient (Wildman–Crippen LogP) is 5.24. The number of hydrogen-bond donors (Lipinski definition) is 0. The fourth-order valence-corrected chi connectivity index (χ4v) is 2.80. The van der Waals surface area contributed by atoms with E-state index in [0.717, 1.165) is 4.90 Å². The lowest BCUT2D eigenvalue weighted by Crippen LogP contribution is -1.78. The third-order valence-electron chi connectivity index (χ3n) is 2.79. The van der Waals surface area contributed by atoms with E-state index in [0.29, 0.717) is 0 Å². The molecule has 78 valence electrons. The minimum absolute atomic E-state index is 1.12. The van der Waals surface area contributed by atoms with Gasteiger partial charge in [-0.1, -0.05) is 36.4 Å². The van der Waals surface area contributed by atoms with Gasteiger partial charge in [-0.05, 0) is 61.4 Å². The zero-order valence-electron chi connectivity index (χ0n) is 8.48. The largest absolute Gasteiger partial charge is 0.0616 e. The smallest absolute Gasteiger partial charge is 0.0312 e. The van der Waals surface area contributed by atoms with Crippen molar-refractivity contribution in [1.82, 2.24) is 0 Å². The van der Waals surface area contributed by atoms with Crippen LogP contribution in [0.1, 0.15) is 0 Å². The zero-order valence-corrected chi connectivity index (χ0v) is 10.1. The van der Waals surface area contributed by atoms with Crippen molar-refractivity contribution in [2.75, 3.05) is 0 Å². The maximum atomic E-state index is 5.87. The average Bonchev–Trinajstić information content (AvgIpc) is 2.35. The van der Waals surface area contributed by atoms with E-state index in [2.05, 4.69) is 48.5 Å². The first-order valence-corrected chi connectivity index (χ1v) is 6.73. The number of hydrogen-bond acceptors (Lipinski definition) is 1. The number of halogens is 1. The fraction of sp³-hybridized carbons (Fsp3) is 0. The van der Waals surface area contributed by atoms with Gasteiger partial charge in [0, 0.05) is 4.90 Å². The first-order chi connectivity index (χ1) is 7.88. The molecule has 0 unspecified atom stereocenters. The number of benzene rings is 3. The Morgan fingerprint density at radius 2 is 1.44 bits per heavy atom. The Morgan fingerprint density at radius 1 is 0.750 bits per heavy atom. The Hall–Kier alpha value is -1.18. The van der Waals surface area contributed by atoms with Gasteiger partial charge in [0.1, 0.15) is 0 Å². The van der Waals surface area contributed by atoms with Crippen molar-refractivity contribution >= 4 is 43.2 Å². The fourth-order valence-electron chi connectivity index (χ4n) is 2.01. The van der Waals surface area contributed by atoms with E-state index >= 15 is 0 Å². The molecule has 0 saturated carbocycles. The molecule has 0 fully saturated rings. The normalized spacial score (nSPS) is 11.1. The molecule has 3 aromatic rings. The van der Waals surface area contributed by atoms with Crippen molar-refractivity contribution in [2.24, 2.45) is 0 Å². The van der Waals surface area contributed by atoms with Crippen LogP contribution in [0.5, 0.6) is 0 Å². The minimum atomic E-state index is 1.12. The van der Waals surface area contributed by atoms with Gasteiger partial charge in [-0.2, -0.15) is 0 Å². The molecule has 0 atom stereocenters. The van der Waals surface area contributed by atoms with Crippen LogP contribution in [0, 0.1) is 0 Å². The summed E-state index contributed by atoms with van der Waals surface area (Å²) in [7, 11) is 7.15. The maximum absolute atomic E-state index is 5.87. The summed E-state index contributed by atoms with van der Waals surface area (Å²) in [5.41, 5.74) is 0. The van der Waals surface area contributed by atoms with E-state index in [1.807, 2.05) is 6.07 Å². The van der Waals surface area contributed by atoms with Crippen molar-refractivity contribution in [1.29, 1.82) is 0 Å². The lowest BCUT2D eigenvalue weighted by atomic mass is 10.0. The highest BCUT2D eigenvalue weighted by Gasteiger charge is 2.02. The lowest BCUT2D eigenvalue weighted by molar-refractivity contribution is 1.57. The molecule has 3 aromatic carbocycles. The quantitative estimate of drug-likeness (QED) is 0.528. The Labute approximate surface area is 103 Å². The molecule has 16 heavy (non-hydrogen) atoms. The van der Waals surface area contributed by atoms with Crippen molar-refractivity contribution in [3.63, 3.8) is 0 Å². The lowest BCUT2D eigenvalue weighted by Gasteiger charge is -2.05. The summed E-state index contributed by atoms with van der Waals surface area (Å²) >= 11 is 0. The highest BCUT2D eigenvalue weighted by molar-refractivity contribution is 8.21. The first-order valence-electron chi connectivity index (χ1n) is 5.08. The predicted molar refractivity (Wildman–Crippen MR) is 73.2 cm³/mol. The van der Waals surface area contributed by atoms with Gasteiger partial charge in [0.05, 0.1) is 0 Å². The third-order valence-corrected chi connectivity index (χ3v) is 3.81. The van der Waals surface area contributed by atoms with Crippen LogP contribution in [-0.4, -0.2) is 0 Å². The molecule has 0 spiro atoms. The van der Waals surface area contributed by atoms with Gasteiger partial charge in [-0.3, -0.25) is 0 Å². The summed E-state index contributed by atoms with van der Waals surface area (Å²) in [4.78, 5) is 1.12. The molecule has 0 amide bonds. The van der Waals surface area contributed by atoms with Crippen molar-refractivity contribution in [3.8, 4) is 0 Å². The summed E-state index contributed by atoms with van der Waals surface area (Å²) in [6.45, 7) is 0. The highest BCUT2D eigenvalue weighted by Crippen LogP contribution is 2.32. The molecule has 0 aliphatic heterocycles. The van der Waals surface area contributed by atoms with Crippen LogP contribution >= 0.6 is 21.7 Å². The maximum Gasteiger partial charge on any atom is 0.0312 e. The number of rotatable bonds is 1. The molecule has 0 aromatic heterocycles. The molecule has 0 N–H and O–H groups in total. The molecule has 0 aliphatic carbocycles. The van der Waals surface area contributed by atoms with E-state index in [1.165, 1.54) is 32.5 Å². The van der Waals surface area contributed by atoms with E-state index in [9.17, 15) is 0 Å². The zero-order chi connectivity index (χ0) is 11.0. The van der Waals surface area contributed by atoms with Crippen molar-refractivity contribution < 1.29 is 0 Å². The molecule has 0 radical (unpaired) electrons. The van der Waals surface area contributed by atoms with Crippen molar-refractivity contribution in [2.45, 2.75) is 4.90 Å². The molecule has 0 heterocycles. The van der Waals surface area contributed by atoms with E-state index in [1.54, 1.807) is 0 Å². The molecule has 0 bridgehead atoms. The van der Waals surface area contributed by atoms with Crippen LogP contribution in [0.15, 0.2) is 59.5 Å². The molecule has 0 aliphatic rings. The summed E-state index contributed by atoms with van der Waals surface area (Å²) in [5.74, 6) is 0. The van der Waals surface area contributed by atoms with Gasteiger partial charge >= 0.3 is 0 Å². The van der Waals surface area contributed by atoms with E-state index in [-0.39, 0.29) is 0 Å². The third kappa shape index (κ3) is 1.57. The van der Waals surface area contributed by atoms with Crippen molar-refractivity contribution in [3.05, 3.63) is 54.6 Å². The molecule has 2 heteroatoms. The van der Waals surface area contributed by atoms with Crippen LogP contribution < -0.4 is 0 Å². The molecular formula is C14H9ClS. The topological polar surface area (TPSA) is 0 Å². The van der Waals surface area contributed by atoms with Gasteiger partial charge in [0.15, 0.2) is 0 Å². The summed E-state index contributed by atoms with van der Waals surface area (Å²) in [5, 5.41) is 4.99. The second kappa shape index (κ2) is 4.00. The second-order valence-corrected chi connectivity index (χ2v) is 4.81. The standard InChI is InChI=1S/C14H9ClS/c15-16-14-7-3-6-12-8-10-4-1-2-5-11(10)9-13(12)14/h1-9H. The minimum Gasteiger partial charge on any atom is -0.0616 e. The summed E-state index contributed by atoms with van der Waals surface area (Å²) < 4.78 is 0. The Bertz CT molecular complexity index is 661. The van der Waals surface area contributed by atoms with Crippen LogP contribution in [0.3, 0.4) is 0 Å². The molecule has 3 rings (SSSR count).